The average Bonchev–Trinajstić information content (AvgIpc) is 3.66. The van der Waals surface area contributed by atoms with E-state index >= 15 is 0 Å². The molecule has 2 heteroatoms. The third-order valence-corrected chi connectivity index (χ3v) is 10.3. The van der Waals surface area contributed by atoms with Crippen LogP contribution in [0.3, 0.4) is 0 Å². The molecule has 0 aliphatic heterocycles. The van der Waals surface area contributed by atoms with Crippen molar-refractivity contribution in [2.75, 3.05) is 0 Å². The second kappa shape index (κ2) is 10.8. The normalized spacial score (nSPS) is 13.1. The molecule has 10 rings (SSSR count). The van der Waals surface area contributed by atoms with Gasteiger partial charge in [-0.2, -0.15) is 0 Å². The zero-order valence-electron chi connectivity index (χ0n) is 26.7. The predicted molar refractivity (Wildman–Crippen MR) is 200 cm³/mol. The molecule has 0 saturated heterocycles. The summed E-state index contributed by atoms with van der Waals surface area (Å²) < 4.78 is 0. The monoisotopic (exact) mass is 622 g/mol. The van der Waals surface area contributed by atoms with Gasteiger partial charge in [-0.15, -0.1) is 0 Å². The lowest BCUT2D eigenvalue weighted by Gasteiger charge is -2.32. The third kappa shape index (κ3) is 4.07. The number of hydrogen-bond donors (Lipinski definition) is 0. The van der Waals surface area contributed by atoms with E-state index in [4.69, 9.17) is 9.97 Å². The Morgan fingerprint density at radius 3 is 1.29 bits per heavy atom. The van der Waals surface area contributed by atoms with E-state index in [0.717, 1.165) is 33.6 Å². The Morgan fingerprint density at radius 1 is 0.306 bits per heavy atom. The van der Waals surface area contributed by atoms with Crippen molar-refractivity contribution in [3.05, 3.63) is 204 Å². The van der Waals surface area contributed by atoms with Crippen LogP contribution in [0.1, 0.15) is 22.3 Å². The Morgan fingerprint density at radius 2 is 0.714 bits per heavy atom. The zero-order valence-corrected chi connectivity index (χ0v) is 26.7. The second-order valence-electron chi connectivity index (χ2n) is 12.9. The quantitative estimate of drug-likeness (QED) is 0.195. The van der Waals surface area contributed by atoms with Crippen molar-refractivity contribution in [1.82, 2.24) is 9.97 Å². The number of rotatable bonds is 4. The summed E-state index contributed by atoms with van der Waals surface area (Å²) >= 11 is 0. The van der Waals surface area contributed by atoms with E-state index in [0.29, 0.717) is 5.82 Å². The lowest BCUT2D eigenvalue weighted by Crippen LogP contribution is -2.26. The van der Waals surface area contributed by atoms with Gasteiger partial charge in [-0.3, -0.25) is 0 Å². The lowest BCUT2D eigenvalue weighted by atomic mass is 9.68. The highest BCUT2D eigenvalue weighted by molar-refractivity contribution is 5.98. The van der Waals surface area contributed by atoms with E-state index in [-0.39, 0.29) is 0 Å². The molecule has 0 amide bonds. The minimum Gasteiger partial charge on any atom is -0.228 e. The summed E-state index contributed by atoms with van der Waals surface area (Å²) in [6.45, 7) is 0. The van der Waals surface area contributed by atoms with Gasteiger partial charge in [-0.25, -0.2) is 9.97 Å². The summed E-state index contributed by atoms with van der Waals surface area (Å²) in [4.78, 5) is 10.3. The van der Waals surface area contributed by atoms with Crippen LogP contribution < -0.4 is 0 Å². The first-order valence-electron chi connectivity index (χ1n) is 16.8. The Bertz CT molecular complexity index is 2430. The first-order valence-corrected chi connectivity index (χ1v) is 16.8. The average molecular weight is 623 g/mol. The first kappa shape index (κ1) is 27.7. The van der Waals surface area contributed by atoms with Gasteiger partial charge in [0, 0.05) is 16.7 Å². The van der Waals surface area contributed by atoms with Crippen molar-refractivity contribution in [2.24, 2.45) is 0 Å². The molecular weight excluding hydrogens is 593 g/mol. The highest BCUT2D eigenvalue weighted by Gasteiger charge is 2.52. The second-order valence-corrected chi connectivity index (χ2v) is 12.9. The molecule has 0 saturated carbocycles. The number of nitrogens with zero attached hydrogens (tertiary/aromatic N) is 2. The molecule has 1 aromatic heterocycles. The summed E-state index contributed by atoms with van der Waals surface area (Å²) in [5, 5.41) is 0. The summed E-state index contributed by atoms with van der Waals surface area (Å²) in [5.74, 6) is 0.712. The Balaban J connectivity index is 1.21. The smallest absolute Gasteiger partial charge is 0.160 e. The molecule has 0 bridgehead atoms. The van der Waals surface area contributed by atoms with Crippen molar-refractivity contribution in [3.8, 4) is 67.3 Å². The van der Waals surface area contributed by atoms with Gasteiger partial charge in [0.15, 0.2) is 5.82 Å². The molecule has 0 atom stereocenters. The Kier molecular flexibility index (Phi) is 6.13. The molecule has 0 unspecified atom stereocenters. The van der Waals surface area contributed by atoms with Crippen molar-refractivity contribution < 1.29 is 0 Å². The van der Waals surface area contributed by atoms with Crippen LogP contribution in [0.5, 0.6) is 0 Å². The molecule has 0 fully saturated rings. The fourth-order valence-corrected chi connectivity index (χ4v) is 8.31. The Labute approximate surface area is 286 Å². The fourth-order valence-electron chi connectivity index (χ4n) is 8.31. The minimum absolute atomic E-state index is 0.421. The van der Waals surface area contributed by atoms with E-state index in [1.54, 1.807) is 0 Å². The Hall–Kier alpha value is -6.38. The van der Waals surface area contributed by atoms with Crippen molar-refractivity contribution in [3.63, 3.8) is 0 Å². The summed E-state index contributed by atoms with van der Waals surface area (Å²) in [5.41, 5.74) is 17.5. The number of hydrogen-bond acceptors (Lipinski definition) is 2. The molecule has 1 spiro atoms. The molecular formula is C47H30N2. The lowest BCUT2D eigenvalue weighted by molar-refractivity contribution is 0.796. The van der Waals surface area contributed by atoms with Gasteiger partial charge in [0.2, 0.25) is 0 Å². The molecule has 49 heavy (non-hydrogen) atoms. The first-order chi connectivity index (χ1) is 24.3. The van der Waals surface area contributed by atoms with Crippen LogP contribution in [0.25, 0.3) is 67.3 Å². The van der Waals surface area contributed by atoms with Crippen molar-refractivity contribution in [1.29, 1.82) is 0 Å². The maximum absolute atomic E-state index is 5.16. The van der Waals surface area contributed by atoms with Crippen LogP contribution >= 0.6 is 0 Å². The molecule has 0 N–H and O–H groups in total. The number of aromatic nitrogens is 2. The van der Waals surface area contributed by atoms with Crippen LogP contribution in [0.2, 0.25) is 0 Å². The van der Waals surface area contributed by atoms with Crippen LogP contribution in [-0.2, 0) is 5.41 Å². The highest BCUT2D eigenvalue weighted by Crippen LogP contribution is 2.64. The van der Waals surface area contributed by atoms with E-state index in [2.05, 4.69) is 170 Å². The van der Waals surface area contributed by atoms with Crippen LogP contribution in [0, 0.1) is 0 Å². The number of benzene rings is 7. The van der Waals surface area contributed by atoms with Gasteiger partial charge in [-0.05, 0) is 67.8 Å². The highest BCUT2D eigenvalue weighted by atomic mass is 14.9. The standard InChI is InChI=1S/C47H30N2/c1-3-15-31(16-4-1)43-30-44(32-17-5-2-6-18-32)49-46(48-43)34-20-13-19-33(29-34)35-24-14-25-39-38-23-9-12-28-42(38)47(45(35)39)40-26-10-7-21-36(40)37-22-8-11-27-41(37)47/h1-30H. The molecule has 7 aromatic carbocycles. The molecule has 8 aromatic rings. The van der Waals surface area contributed by atoms with Gasteiger partial charge >= 0.3 is 0 Å². The SMILES string of the molecule is c1ccc(-c2cc(-c3ccccc3)nc(-c3cccc(-c4cccc5c4C4(c6ccccc6-c6ccccc64)c4ccccc4-5)c3)n2)cc1. The van der Waals surface area contributed by atoms with Crippen LogP contribution in [-0.4, -0.2) is 9.97 Å². The number of fused-ring (bicyclic) bond motifs is 10. The largest absolute Gasteiger partial charge is 0.228 e. The van der Waals surface area contributed by atoms with E-state index < -0.39 is 5.41 Å². The fraction of sp³-hybridized carbons (Fsp3) is 0.0213. The van der Waals surface area contributed by atoms with E-state index in [1.165, 1.54) is 50.1 Å². The van der Waals surface area contributed by atoms with Gasteiger partial charge in [0.05, 0.1) is 16.8 Å². The molecule has 228 valence electrons. The van der Waals surface area contributed by atoms with Gasteiger partial charge in [0.1, 0.15) is 0 Å². The maximum Gasteiger partial charge on any atom is 0.160 e. The summed E-state index contributed by atoms with van der Waals surface area (Å²) in [6.07, 6.45) is 0. The minimum atomic E-state index is -0.421. The summed E-state index contributed by atoms with van der Waals surface area (Å²) in [6, 6.07) is 65.4. The van der Waals surface area contributed by atoms with Crippen LogP contribution in [0.4, 0.5) is 0 Å². The predicted octanol–water partition coefficient (Wildman–Crippen LogP) is 11.5. The molecule has 1 heterocycles. The van der Waals surface area contributed by atoms with Gasteiger partial charge in [0.25, 0.3) is 0 Å². The summed E-state index contributed by atoms with van der Waals surface area (Å²) in [7, 11) is 0. The van der Waals surface area contributed by atoms with E-state index in [1.807, 2.05) is 12.1 Å². The topological polar surface area (TPSA) is 25.8 Å². The molecule has 0 radical (unpaired) electrons. The maximum atomic E-state index is 5.16. The zero-order chi connectivity index (χ0) is 32.4. The van der Waals surface area contributed by atoms with E-state index in [9.17, 15) is 0 Å². The van der Waals surface area contributed by atoms with Crippen molar-refractivity contribution >= 4 is 0 Å². The molecule has 2 nitrogen and oxygen atoms in total. The molecule has 2 aliphatic carbocycles. The van der Waals surface area contributed by atoms with Gasteiger partial charge < -0.3 is 0 Å². The van der Waals surface area contributed by atoms with Crippen molar-refractivity contribution in [2.45, 2.75) is 5.41 Å². The third-order valence-electron chi connectivity index (χ3n) is 10.3. The molecule has 2 aliphatic rings. The van der Waals surface area contributed by atoms with Gasteiger partial charge in [-0.1, -0.05) is 170 Å². The van der Waals surface area contributed by atoms with Crippen LogP contribution in [0.15, 0.2) is 182 Å².